The van der Waals surface area contributed by atoms with Crippen molar-refractivity contribution >= 4 is 6.09 Å². The van der Waals surface area contributed by atoms with Crippen LogP contribution in [0.5, 0.6) is 0 Å². The maximum absolute atomic E-state index is 11.6. The lowest BCUT2D eigenvalue weighted by Crippen LogP contribution is -2.49. The Hall–Kier alpha value is -0.810. The number of hydrogen-bond acceptors (Lipinski definition) is 4. The predicted molar refractivity (Wildman–Crippen MR) is 54.7 cm³/mol. The third kappa shape index (κ3) is 2.23. The Morgan fingerprint density at radius 2 is 2.53 bits per heavy atom. The molecule has 5 nitrogen and oxygen atoms in total. The second-order valence-electron chi connectivity index (χ2n) is 4.02. The quantitative estimate of drug-likeness (QED) is 0.679. The number of carbonyl (C=O) groups excluding carboxylic acids is 1. The molecule has 0 aromatic rings. The lowest BCUT2D eigenvalue weighted by molar-refractivity contribution is 0.117. The van der Waals surface area contributed by atoms with Gasteiger partial charge in [-0.2, -0.15) is 0 Å². The van der Waals surface area contributed by atoms with E-state index in [4.69, 9.17) is 9.47 Å². The Labute approximate surface area is 89.7 Å². The number of carbonyl (C=O) groups is 1. The summed E-state index contributed by atoms with van der Waals surface area (Å²) in [6.07, 6.45) is 1.73. The minimum Gasteiger partial charge on any atom is -0.444 e. The highest BCUT2D eigenvalue weighted by Crippen LogP contribution is 2.23. The van der Waals surface area contributed by atoms with E-state index < -0.39 is 0 Å². The number of rotatable bonds is 4. The Kier molecular flexibility index (Phi) is 3.43. The summed E-state index contributed by atoms with van der Waals surface area (Å²) in [6.45, 7) is 3.22. The molecule has 2 aliphatic rings. The van der Waals surface area contributed by atoms with Gasteiger partial charge in [-0.1, -0.05) is 0 Å². The van der Waals surface area contributed by atoms with Gasteiger partial charge in [0.25, 0.3) is 0 Å². The van der Waals surface area contributed by atoms with Crippen LogP contribution in [0.3, 0.4) is 0 Å². The average Bonchev–Trinajstić information content (AvgIpc) is 2.56. The molecule has 2 fully saturated rings. The van der Waals surface area contributed by atoms with Gasteiger partial charge in [0.1, 0.15) is 6.10 Å². The summed E-state index contributed by atoms with van der Waals surface area (Å²) >= 11 is 0. The summed E-state index contributed by atoms with van der Waals surface area (Å²) in [5, 5.41) is 3.29. The van der Waals surface area contributed by atoms with Crippen LogP contribution in [0, 0.1) is 0 Å². The first-order valence-electron chi connectivity index (χ1n) is 5.50. The highest BCUT2D eigenvalue weighted by atomic mass is 16.6. The molecular formula is C10H18N2O3. The van der Waals surface area contributed by atoms with Crippen LogP contribution in [0.25, 0.3) is 0 Å². The number of amides is 1. The molecule has 0 aromatic heterocycles. The standard InChI is InChI=1S/C10H18N2O3/c1-14-6-2-5-12-8-7-11-4-3-9(8)15-10(12)13/h8-9,11H,2-7H2,1H3. The summed E-state index contributed by atoms with van der Waals surface area (Å²) in [5.74, 6) is 0. The highest BCUT2D eigenvalue weighted by molar-refractivity contribution is 5.70. The number of methoxy groups -OCH3 is 1. The predicted octanol–water partition coefficient (Wildman–Crippen LogP) is 0.206. The third-order valence-electron chi connectivity index (χ3n) is 3.02. The summed E-state index contributed by atoms with van der Waals surface area (Å²) < 4.78 is 10.3. The molecule has 2 rings (SSSR count). The van der Waals surface area contributed by atoms with Crippen molar-refractivity contribution < 1.29 is 14.3 Å². The molecule has 2 aliphatic heterocycles. The van der Waals surface area contributed by atoms with Crippen LogP contribution in [0.4, 0.5) is 4.79 Å². The first kappa shape index (κ1) is 10.7. The summed E-state index contributed by atoms with van der Waals surface area (Å²) in [7, 11) is 1.67. The van der Waals surface area contributed by atoms with Crippen LogP contribution >= 0.6 is 0 Å². The van der Waals surface area contributed by atoms with Gasteiger partial charge in [0.15, 0.2) is 0 Å². The number of fused-ring (bicyclic) bond motifs is 1. The summed E-state index contributed by atoms with van der Waals surface area (Å²) in [4.78, 5) is 13.4. The smallest absolute Gasteiger partial charge is 0.410 e. The zero-order chi connectivity index (χ0) is 10.7. The van der Waals surface area contributed by atoms with Gasteiger partial charge >= 0.3 is 6.09 Å². The van der Waals surface area contributed by atoms with E-state index in [0.29, 0.717) is 6.61 Å². The Morgan fingerprint density at radius 3 is 3.33 bits per heavy atom. The molecule has 0 aliphatic carbocycles. The first-order valence-corrected chi connectivity index (χ1v) is 5.50. The molecule has 1 amide bonds. The fraction of sp³-hybridized carbons (Fsp3) is 0.900. The second-order valence-corrected chi connectivity index (χ2v) is 4.02. The van der Waals surface area contributed by atoms with E-state index in [1.165, 1.54) is 0 Å². The van der Waals surface area contributed by atoms with Crippen molar-refractivity contribution in [3.63, 3.8) is 0 Å². The number of nitrogens with one attached hydrogen (secondary N) is 1. The van der Waals surface area contributed by atoms with Crippen molar-refractivity contribution in [2.45, 2.75) is 25.0 Å². The van der Waals surface area contributed by atoms with E-state index in [0.717, 1.165) is 32.5 Å². The zero-order valence-corrected chi connectivity index (χ0v) is 9.07. The second kappa shape index (κ2) is 4.81. The minimum atomic E-state index is -0.162. The van der Waals surface area contributed by atoms with E-state index in [9.17, 15) is 4.79 Å². The topological polar surface area (TPSA) is 50.8 Å². The molecule has 1 N–H and O–H groups in total. The zero-order valence-electron chi connectivity index (χ0n) is 9.07. The number of hydrogen-bond donors (Lipinski definition) is 1. The van der Waals surface area contributed by atoms with E-state index in [1.54, 1.807) is 7.11 Å². The van der Waals surface area contributed by atoms with Gasteiger partial charge in [-0.05, 0) is 19.4 Å². The van der Waals surface area contributed by atoms with Gasteiger partial charge in [-0.3, -0.25) is 0 Å². The summed E-state index contributed by atoms with van der Waals surface area (Å²) in [5.41, 5.74) is 0. The van der Waals surface area contributed by atoms with Crippen LogP contribution in [-0.2, 0) is 9.47 Å². The van der Waals surface area contributed by atoms with E-state index in [-0.39, 0.29) is 18.2 Å². The van der Waals surface area contributed by atoms with Crippen LogP contribution < -0.4 is 5.32 Å². The van der Waals surface area contributed by atoms with Gasteiger partial charge in [0.05, 0.1) is 6.04 Å². The van der Waals surface area contributed by atoms with Crippen LogP contribution in [0.2, 0.25) is 0 Å². The molecule has 2 saturated heterocycles. The van der Waals surface area contributed by atoms with Crippen LogP contribution in [-0.4, -0.2) is 56.5 Å². The third-order valence-corrected chi connectivity index (χ3v) is 3.02. The Balaban J connectivity index is 1.88. The molecule has 2 atom stereocenters. The van der Waals surface area contributed by atoms with Gasteiger partial charge in [0, 0.05) is 26.8 Å². The normalized spacial score (nSPS) is 30.2. The van der Waals surface area contributed by atoms with Gasteiger partial charge < -0.3 is 19.7 Å². The van der Waals surface area contributed by atoms with Gasteiger partial charge in [-0.25, -0.2) is 4.79 Å². The van der Waals surface area contributed by atoms with Crippen molar-refractivity contribution in [1.82, 2.24) is 10.2 Å². The Morgan fingerprint density at radius 1 is 1.67 bits per heavy atom. The van der Waals surface area contributed by atoms with Crippen LogP contribution in [0.1, 0.15) is 12.8 Å². The van der Waals surface area contributed by atoms with Crippen molar-refractivity contribution in [1.29, 1.82) is 0 Å². The fourth-order valence-corrected chi connectivity index (χ4v) is 2.24. The maximum Gasteiger partial charge on any atom is 0.410 e. The average molecular weight is 214 g/mol. The number of piperidine rings is 1. The molecule has 0 spiro atoms. The van der Waals surface area contributed by atoms with Crippen molar-refractivity contribution in [2.75, 3.05) is 33.4 Å². The molecule has 0 aromatic carbocycles. The largest absolute Gasteiger partial charge is 0.444 e. The minimum absolute atomic E-state index is 0.0984. The lowest BCUT2D eigenvalue weighted by Gasteiger charge is -2.28. The van der Waals surface area contributed by atoms with Crippen molar-refractivity contribution in [3.8, 4) is 0 Å². The Bertz CT molecular complexity index is 235. The van der Waals surface area contributed by atoms with Crippen molar-refractivity contribution in [3.05, 3.63) is 0 Å². The number of nitrogens with zero attached hydrogens (tertiary/aromatic N) is 1. The number of ether oxygens (including phenoxy) is 2. The monoisotopic (exact) mass is 214 g/mol. The van der Waals surface area contributed by atoms with E-state index in [2.05, 4.69) is 5.32 Å². The first-order chi connectivity index (χ1) is 7.33. The maximum atomic E-state index is 11.6. The molecule has 0 bridgehead atoms. The molecule has 2 heterocycles. The van der Waals surface area contributed by atoms with Gasteiger partial charge in [0.2, 0.25) is 0 Å². The van der Waals surface area contributed by atoms with Gasteiger partial charge in [-0.15, -0.1) is 0 Å². The molecular weight excluding hydrogens is 196 g/mol. The lowest BCUT2D eigenvalue weighted by atomic mass is 10.0. The molecule has 2 unspecified atom stereocenters. The molecule has 0 radical (unpaired) electrons. The molecule has 5 heteroatoms. The molecule has 0 saturated carbocycles. The van der Waals surface area contributed by atoms with E-state index in [1.807, 2.05) is 4.90 Å². The van der Waals surface area contributed by atoms with Crippen molar-refractivity contribution in [2.24, 2.45) is 0 Å². The summed E-state index contributed by atoms with van der Waals surface area (Å²) in [6, 6.07) is 0.225. The SMILES string of the molecule is COCCCN1C(=O)OC2CCNCC21. The van der Waals surface area contributed by atoms with Crippen LogP contribution in [0.15, 0.2) is 0 Å². The molecule has 86 valence electrons. The van der Waals surface area contributed by atoms with E-state index >= 15 is 0 Å². The molecule has 15 heavy (non-hydrogen) atoms. The highest BCUT2D eigenvalue weighted by Gasteiger charge is 2.42. The fourth-order valence-electron chi connectivity index (χ4n) is 2.24.